The Kier molecular flexibility index (Phi) is 4.80. The molecule has 2 aromatic heterocycles. The zero-order valence-electron chi connectivity index (χ0n) is 16.1. The molecule has 3 aromatic rings. The fourth-order valence-corrected chi connectivity index (χ4v) is 5.65. The van der Waals surface area contributed by atoms with Crippen molar-refractivity contribution < 1.29 is 14.9 Å². The predicted octanol–water partition coefficient (Wildman–Crippen LogP) is 2.36. The number of aryl methyl sites for hydroxylation is 1. The highest BCUT2D eigenvalue weighted by atomic mass is 32.1. The number of nitro benzene ring substituents is 1. The van der Waals surface area contributed by atoms with E-state index >= 15 is 0 Å². The van der Waals surface area contributed by atoms with Crippen molar-refractivity contribution >= 4 is 22.0 Å². The third-order valence-electron chi connectivity index (χ3n) is 5.44. The Bertz CT molecular complexity index is 1000. The van der Waals surface area contributed by atoms with Crippen LogP contribution in [0.5, 0.6) is 5.88 Å². The van der Waals surface area contributed by atoms with Gasteiger partial charge in [0.2, 0.25) is 10.8 Å². The molecule has 0 aliphatic carbocycles. The normalized spacial score (nSPS) is 23.8. The first-order chi connectivity index (χ1) is 13.3. The van der Waals surface area contributed by atoms with Crippen molar-refractivity contribution in [2.75, 3.05) is 13.1 Å². The number of thiazole rings is 1. The number of hydrogen-bond acceptors (Lipinski definition) is 6. The molecule has 1 aliphatic heterocycles. The molecule has 0 radical (unpaired) electrons. The Morgan fingerprint density at radius 3 is 2.50 bits per heavy atom. The van der Waals surface area contributed by atoms with Gasteiger partial charge in [0, 0.05) is 29.5 Å². The van der Waals surface area contributed by atoms with Crippen molar-refractivity contribution in [2.24, 2.45) is 11.8 Å². The lowest BCUT2D eigenvalue weighted by molar-refractivity contribution is -0.936. The quantitative estimate of drug-likeness (QED) is 0.516. The highest BCUT2D eigenvalue weighted by Crippen LogP contribution is 2.36. The highest BCUT2D eigenvalue weighted by Gasteiger charge is 2.37. The van der Waals surface area contributed by atoms with Gasteiger partial charge < -0.3 is 10.0 Å². The van der Waals surface area contributed by atoms with Crippen LogP contribution in [0.15, 0.2) is 24.3 Å². The molecule has 0 spiro atoms. The molecule has 9 heteroatoms. The summed E-state index contributed by atoms with van der Waals surface area (Å²) in [4.78, 5) is 17.9. The maximum atomic E-state index is 11.1. The third-order valence-corrected chi connectivity index (χ3v) is 6.52. The molecular formula is C19H24N5O3S+. The lowest BCUT2D eigenvalue weighted by Crippen LogP contribution is -3.14. The van der Waals surface area contributed by atoms with E-state index in [0.29, 0.717) is 22.6 Å². The second kappa shape index (κ2) is 7.14. The Labute approximate surface area is 166 Å². The van der Waals surface area contributed by atoms with Gasteiger partial charge in [-0.25, -0.2) is 4.98 Å². The summed E-state index contributed by atoms with van der Waals surface area (Å²) in [5.41, 5.74) is 1.03. The zero-order valence-corrected chi connectivity index (χ0v) is 16.9. The smallest absolute Gasteiger partial charge is 0.269 e. The van der Waals surface area contributed by atoms with Crippen molar-refractivity contribution in [1.82, 2.24) is 14.6 Å². The molecular weight excluding hydrogens is 378 g/mol. The summed E-state index contributed by atoms with van der Waals surface area (Å²) in [7, 11) is 0. The minimum atomic E-state index is -0.389. The fourth-order valence-electron chi connectivity index (χ4n) is 4.46. The first-order valence-corrected chi connectivity index (χ1v) is 10.3. The lowest BCUT2D eigenvalue weighted by Gasteiger charge is -2.36. The van der Waals surface area contributed by atoms with Gasteiger partial charge in [-0.05, 0) is 25.5 Å². The number of nitrogens with one attached hydrogen (secondary N) is 1. The number of likely N-dealkylation sites (tertiary alicyclic amines) is 1. The van der Waals surface area contributed by atoms with E-state index in [0.717, 1.165) is 23.5 Å². The van der Waals surface area contributed by atoms with Crippen molar-refractivity contribution in [2.45, 2.75) is 33.2 Å². The van der Waals surface area contributed by atoms with E-state index < -0.39 is 0 Å². The minimum absolute atomic E-state index is 0.0698. The minimum Gasteiger partial charge on any atom is -0.492 e. The van der Waals surface area contributed by atoms with E-state index in [1.165, 1.54) is 39.3 Å². The molecule has 0 saturated carbocycles. The first kappa shape index (κ1) is 18.8. The topological polar surface area (TPSA) is 98.0 Å². The monoisotopic (exact) mass is 402 g/mol. The second-order valence-corrected chi connectivity index (χ2v) is 8.95. The van der Waals surface area contributed by atoms with Gasteiger partial charge in [0.15, 0.2) is 6.04 Å². The van der Waals surface area contributed by atoms with Gasteiger partial charge in [0.05, 0.1) is 18.0 Å². The highest BCUT2D eigenvalue weighted by molar-refractivity contribution is 7.17. The lowest BCUT2D eigenvalue weighted by atomic mass is 9.89. The van der Waals surface area contributed by atoms with Crippen molar-refractivity contribution in [3.8, 4) is 5.88 Å². The van der Waals surface area contributed by atoms with Crippen LogP contribution in [0, 0.1) is 28.9 Å². The molecule has 2 N–H and O–H groups in total. The summed E-state index contributed by atoms with van der Waals surface area (Å²) in [6, 6.07) is 6.58. The van der Waals surface area contributed by atoms with E-state index in [1.807, 2.05) is 0 Å². The molecule has 148 valence electrons. The van der Waals surface area contributed by atoms with Gasteiger partial charge in [-0.15, -0.1) is 5.10 Å². The SMILES string of the molecule is Cc1nc2sc([C@@H](c3ccc([N+](=O)[O-])cc3)[NH+]3C[C@H](C)C[C@H](C)C3)c(O)n2n1. The van der Waals surface area contributed by atoms with Gasteiger partial charge in [-0.2, -0.15) is 4.52 Å². The van der Waals surface area contributed by atoms with Crippen LogP contribution in [0.3, 0.4) is 0 Å². The number of aromatic hydroxyl groups is 1. The zero-order chi connectivity index (χ0) is 20.0. The van der Waals surface area contributed by atoms with Crippen LogP contribution in [0.1, 0.15) is 42.6 Å². The summed E-state index contributed by atoms with van der Waals surface area (Å²) in [5, 5.41) is 26.2. The van der Waals surface area contributed by atoms with Gasteiger partial charge in [0.1, 0.15) is 10.7 Å². The largest absolute Gasteiger partial charge is 0.492 e. The van der Waals surface area contributed by atoms with Crippen LogP contribution in [-0.2, 0) is 0 Å². The number of nitrogens with zero attached hydrogens (tertiary/aromatic N) is 4. The molecule has 1 aromatic carbocycles. The number of piperidine rings is 1. The molecule has 8 nitrogen and oxygen atoms in total. The number of rotatable bonds is 4. The number of aromatic nitrogens is 3. The maximum Gasteiger partial charge on any atom is 0.269 e. The molecule has 1 unspecified atom stereocenters. The first-order valence-electron chi connectivity index (χ1n) is 9.47. The molecule has 1 saturated heterocycles. The summed E-state index contributed by atoms with van der Waals surface area (Å²) in [6.07, 6.45) is 1.19. The fraction of sp³-hybridized carbons (Fsp3) is 0.474. The number of benzene rings is 1. The van der Waals surface area contributed by atoms with Crippen LogP contribution >= 0.6 is 11.3 Å². The van der Waals surface area contributed by atoms with Gasteiger partial charge in [-0.1, -0.05) is 25.2 Å². The summed E-state index contributed by atoms with van der Waals surface area (Å²) >= 11 is 1.44. The number of fused-ring (bicyclic) bond motifs is 1. The second-order valence-electron chi connectivity index (χ2n) is 7.94. The van der Waals surface area contributed by atoms with E-state index in [9.17, 15) is 15.2 Å². The standard InChI is InChI=1S/C19H23N5O3S/c1-11-8-12(2)10-22(9-11)16(14-4-6-15(7-5-14)24(26)27)17-18(25)23-19(28-17)20-13(3)21-23/h4-7,11-12,16,25H,8-10H2,1-3H3/p+1/t11-,12+,16-/m1/s1. The number of quaternary nitrogens is 1. The van der Waals surface area contributed by atoms with Crippen molar-refractivity contribution in [3.05, 3.63) is 50.6 Å². The van der Waals surface area contributed by atoms with Gasteiger partial charge in [0.25, 0.3) is 5.69 Å². The van der Waals surface area contributed by atoms with Crippen LogP contribution in [-0.4, -0.2) is 37.7 Å². The molecule has 4 rings (SSSR count). The summed E-state index contributed by atoms with van der Waals surface area (Å²) in [6.45, 7) is 8.28. The average Bonchev–Trinajstić information content (AvgIpc) is 3.13. The van der Waals surface area contributed by atoms with Gasteiger partial charge >= 0.3 is 0 Å². The Morgan fingerprint density at radius 2 is 1.93 bits per heavy atom. The molecule has 0 amide bonds. The van der Waals surface area contributed by atoms with Crippen molar-refractivity contribution in [3.63, 3.8) is 0 Å². The van der Waals surface area contributed by atoms with Crippen LogP contribution in [0.2, 0.25) is 0 Å². The van der Waals surface area contributed by atoms with Gasteiger partial charge in [-0.3, -0.25) is 10.1 Å². The number of nitro groups is 1. The van der Waals surface area contributed by atoms with Crippen molar-refractivity contribution in [1.29, 1.82) is 0 Å². The Morgan fingerprint density at radius 1 is 1.29 bits per heavy atom. The average molecular weight is 403 g/mol. The molecule has 4 atom stereocenters. The number of non-ortho nitro benzene ring substituents is 1. The van der Waals surface area contributed by atoms with Crippen LogP contribution in [0.25, 0.3) is 4.96 Å². The van der Waals surface area contributed by atoms with E-state index in [1.54, 1.807) is 19.1 Å². The van der Waals surface area contributed by atoms with Crippen LogP contribution < -0.4 is 4.90 Å². The Hall–Kier alpha value is -2.52. The molecule has 28 heavy (non-hydrogen) atoms. The molecule has 3 heterocycles. The maximum absolute atomic E-state index is 11.1. The third kappa shape index (κ3) is 3.35. The molecule has 1 aliphatic rings. The predicted molar refractivity (Wildman–Crippen MR) is 106 cm³/mol. The summed E-state index contributed by atoms with van der Waals surface area (Å²) < 4.78 is 1.49. The molecule has 1 fully saturated rings. The Balaban J connectivity index is 1.81. The van der Waals surface area contributed by atoms with E-state index in [2.05, 4.69) is 23.9 Å². The number of hydrogen-bond donors (Lipinski definition) is 2. The molecule has 0 bridgehead atoms. The summed E-state index contributed by atoms with van der Waals surface area (Å²) in [5.74, 6) is 1.88. The van der Waals surface area contributed by atoms with E-state index in [-0.39, 0.29) is 22.5 Å². The van der Waals surface area contributed by atoms with E-state index in [4.69, 9.17) is 0 Å². The van der Waals surface area contributed by atoms with Crippen LogP contribution in [0.4, 0.5) is 5.69 Å².